The van der Waals surface area contributed by atoms with Crippen molar-refractivity contribution in [2.75, 3.05) is 6.54 Å². The molecule has 2 fully saturated rings. The predicted octanol–water partition coefficient (Wildman–Crippen LogP) is 4.13. The van der Waals surface area contributed by atoms with E-state index < -0.39 is 0 Å². The summed E-state index contributed by atoms with van der Waals surface area (Å²) in [5, 5.41) is 3.88. The summed E-state index contributed by atoms with van der Waals surface area (Å²) in [5.41, 5.74) is 4.83. The Balaban J connectivity index is 1.46. The first-order valence-electron chi connectivity index (χ1n) is 9.21. The molecule has 0 amide bonds. The van der Waals surface area contributed by atoms with Crippen LogP contribution in [0.1, 0.15) is 55.7 Å². The molecule has 21 heavy (non-hydrogen) atoms. The van der Waals surface area contributed by atoms with Crippen LogP contribution >= 0.6 is 0 Å². The molecule has 0 spiro atoms. The number of rotatable bonds is 6. The molecule has 0 aromatic heterocycles. The fourth-order valence-electron chi connectivity index (χ4n) is 5.15. The van der Waals surface area contributed by atoms with E-state index in [2.05, 4.69) is 30.4 Å². The average Bonchev–Trinajstić information content (AvgIpc) is 2.88. The molecule has 2 saturated carbocycles. The molecule has 114 valence electrons. The van der Waals surface area contributed by atoms with Crippen molar-refractivity contribution in [1.82, 2.24) is 5.32 Å². The van der Waals surface area contributed by atoms with E-state index in [4.69, 9.17) is 0 Å². The molecular formula is C20H29N. The molecule has 1 nitrogen and oxygen atoms in total. The van der Waals surface area contributed by atoms with Gasteiger partial charge in [-0.15, -0.1) is 0 Å². The highest BCUT2D eigenvalue weighted by Gasteiger charge is 2.55. The van der Waals surface area contributed by atoms with Crippen molar-refractivity contribution in [3.05, 3.63) is 34.9 Å². The number of nitrogens with one attached hydrogen (secondary N) is 1. The number of benzene rings is 1. The van der Waals surface area contributed by atoms with E-state index in [1.807, 2.05) is 0 Å². The first-order valence-corrected chi connectivity index (χ1v) is 9.21. The Bertz CT molecular complexity index is 497. The molecule has 3 aliphatic rings. The number of fused-ring (bicyclic) bond motifs is 2. The van der Waals surface area contributed by atoms with Gasteiger partial charge in [0.25, 0.3) is 0 Å². The summed E-state index contributed by atoms with van der Waals surface area (Å²) in [6.07, 6.45) is 11.0. The molecule has 0 bridgehead atoms. The fraction of sp³-hybridized carbons (Fsp3) is 0.700. The van der Waals surface area contributed by atoms with Crippen LogP contribution in [-0.2, 0) is 19.3 Å². The molecule has 4 rings (SSSR count). The monoisotopic (exact) mass is 283 g/mol. The Hall–Kier alpha value is -0.820. The molecule has 3 unspecified atom stereocenters. The molecule has 3 atom stereocenters. The van der Waals surface area contributed by atoms with Crippen LogP contribution < -0.4 is 5.32 Å². The van der Waals surface area contributed by atoms with Gasteiger partial charge in [-0.2, -0.15) is 0 Å². The van der Waals surface area contributed by atoms with Crippen LogP contribution in [-0.4, -0.2) is 12.6 Å². The molecular weight excluding hydrogens is 254 g/mol. The number of hydrogen-bond acceptors (Lipinski definition) is 1. The second-order valence-electron chi connectivity index (χ2n) is 7.56. The van der Waals surface area contributed by atoms with Crippen LogP contribution in [0.5, 0.6) is 0 Å². The van der Waals surface area contributed by atoms with E-state index in [1.54, 1.807) is 16.7 Å². The smallest absolute Gasteiger partial charge is 0.0141 e. The van der Waals surface area contributed by atoms with Gasteiger partial charge in [-0.25, -0.2) is 0 Å². The molecule has 0 saturated heterocycles. The van der Waals surface area contributed by atoms with Gasteiger partial charge in [-0.1, -0.05) is 31.5 Å². The van der Waals surface area contributed by atoms with Crippen molar-refractivity contribution in [3.63, 3.8) is 0 Å². The minimum atomic E-state index is 0.736. The van der Waals surface area contributed by atoms with Crippen molar-refractivity contribution in [1.29, 1.82) is 0 Å². The van der Waals surface area contributed by atoms with Gasteiger partial charge in [0.15, 0.2) is 0 Å². The third-order valence-electron chi connectivity index (χ3n) is 6.21. The average molecular weight is 283 g/mol. The lowest BCUT2D eigenvalue weighted by molar-refractivity contribution is 0.403. The predicted molar refractivity (Wildman–Crippen MR) is 88.6 cm³/mol. The Morgan fingerprint density at radius 3 is 2.71 bits per heavy atom. The second kappa shape index (κ2) is 5.76. The normalized spacial score (nSPS) is 31.0. The van der Waals surface area contributed by atoms with Gasteiger partial charge >= 0.3 is 0 Å². The fourth-order valence-corrected chi connectivity index (χ4v) is 5.15. The van der Waals surface area contributed by atoms with Gasteiger partial charge in [-0.05, 0) is 85.9 Å². The van der Waals surface area contributed by atoms with Crippen LogP contribution in [0.25, 0.3) is 0 Å². The van der Waals surface area contributed by atoms with Crippen LogP contribution in [0.2, 0.25) is 0 Å². The topological polar surface area (TPSA) is 12.0 Å². The minimum absolute atomic E-state index is 0.736. The van der Waals surface area contributed by atoms with Crippen molar-refractivity contribution >= 4 is 0 Å². The molecule has 0 heterocycles. The largest absolute Gasteiger partial charge is 0.313 e. The summed E-state index contributed by atoms with van der Waals surface area (Å²) in [4.78, 5) is 0. The van der Waals surface area contributed by atoms with E-state index in [-0.39, 0.29) is 0 Å². The van der Waals surface area contributed by atoms with Crippen molar-refractivity contribution in [3.8, 4) is 0 Å². The molecule has 0 aliphatic heterocycles. The van der Waals surface area contributed by atoms with E-state index in [0.717, 1.165) is 23.8 Å². The molecule has 1 aromatic carbocycles. The molecule has 1 N–H and O–H groups in total. The molecule has 0 radical (unpaired) electrons. The lowest BCUT2D eigenvalue weighted by atomic mass is 9.95. The highest BCUT2D eigenvalue weighted by atomic mass is 14.9. The third-order valence-corrected chi connectivity index (χ3v) is 6.21. The highest BCUT2D eigenvalue weighted by molar-refractivity contribution is 5.35. The zero-order chi connectivity index (χ0) is 14.2. The van der Waals surface area contributed by atoms with Crippen molar-refractivity contribution in [2.24, 2.45) is 17.8 Å². The maximum atomic E-state index is 3.88. The van der Waals surface area contributed by atoms with E-state index >= 15 is 0 Å². The molecule has 1 aromatic rings. The summed E-state index contributed by atoms with van der Waals surface area (Å²) in [6.45, 7) is 3.47. The van der Waals surface area contributed by atoms with Crippen molar-refractivity contribution in [2.45, 2.75) is 64.3 Å². The number of hydrogen-bond donors (Lipinski definition) is 1. The number of aryl methyl sites for hydroxylation is 2. The zero-order valence-corrected chi connectivity index (χ0v) is 13.4. The van der Waals surface area contributed by atoms with Gasteiger partial charge in [0.05, 0.1) is 0 Å². The molecule has 3 aliphatic carbocycles. The first kappa shape index (κ1) is 13.8. The van der Waals surface area contributed by atoms with Crippen LogP contribution in [0, 0.1) is 17.8 Å². The summed E-state index contributed by atoms with van der Waals surface area (Å²) >= 11 is 0. The quantitative estimate of drug-likeness (QED) is 0.827. The summed E-state index contributed by atoms with van der Waals surface area (Å²) in [7, 11) is 0. The zero-order valence-electron chi connectivity index (χ0n) is 13.4. The van der Waals surface area contributed by atoms with Crippen LogP contribution in [0.3, 0.4) is 0 Å². The Morgan fingerprint density at radius 1 is 1.10 bits per heavy atom. The first-order chi connectivity index (χ1) is 10.4. The van der Waals surface area contributed by atoms with E-state index in [9.17, 15) is 0 Å². The van der Waals surface area contributed by atoms with Crippen molar-refractivity contribution < 1.29 is 0 Å². The Morgan fingerprint density at radius 2 is 1.90 bits per heavy atom. The maximum absolute atomic E-state index is 3.88. The Labute approximate surface area is 129 Å². The summed E-state index contributed by atoms with van der Waals surface area (Å²) < 4.78 is 0. The van der Waals surface area contributed by atoms with Crippen LogP contribution in [0.15, 0.2) is 18.2 Å². The lowest BCUT2D eigenvalue weighted by Gasteiger charge is -2.21. The van der Waals surface area contributed by atoms with E-state index in [1.165, 1.54) is 57.9 Å². The lowest BCUT2D eigenvalue weighted by Crippen LogP contribution is -2.35. The van der Waals surface area contributed by atoms with Gasteiger partial charge < -0.3 is 5.32 Å². The maximum Gasteiger partial charge on any atom is 0.0141 e. The summed E-state index contributed by atoms with van der Waals surface area (Å²) in [6, 6.07) is 8.06. The van der Waals surface area contributed by atoms with Gasteiger partial charge in [0.1, 0.15) is 0 Å². The Kier molecular flexibility index (Phi) is 3.79. The third kappa shape index (κ3) is 2.65. The van der Waals surface area contributed by atoms with Gasteiger partial charge in [0, 0.05) is 6.04 Å². The standard InChI is InChI=1S/C20H29N/c1-2-11-21-19(20-17-7-4-8-18(17)20)13-14-9-10-15-5-3-6-16(15)12-14/h9-10,12,17-21H,2-8,11,13H2,1H3. The van der Waals surface area contributed by atoms with Gasteiger partial charge in [0.2, 0.25) is 0 Å². The van der Waals surface area contributed by atoms with E-state index in [0.29, 0.717) is 0 Å². The summed E-state index contributed by atoms with van der Waals surface area (Å²) in [5.74, 6) is 3.11. The van der Waals surface area contributed by atoms with Crippen LogP contribution in [0.4, 0.5) is 0 Å². The molecule has 1 heteroatoms. The van der Waals surface area contributed by atoms with Gasteiger partial charge in [-0.3, -0.25) is 0 Å². The second-order valence-corrected chi connectivity index (χ2v) is 7.56. The minimum Gasteiger partial charge on any atom is -0.313 e. The highest BCUT2D eigenvalue weighted by Crippen LogP contribution is 2.59. The SMILES string of the molecule is CCCNC(Cc1ccc2c(c1)CCC2)C1C2CCCC21.